The van der Waals surface area contributed by atoms with E-state index in [4.69, 9.17) is 0 Å². The van der Waals surface area contributed by atoms with E-state index >= 15 is 0 Å². The fourth-order valence-electron chi connectivity index (χ4n) is 0.770. The van der Waals surface area contributed by atoms with E-state index < -0.39 is 0 Å². The van der Waals surface area contributed by atoms with Gasteiger partial charge in [-0.3, -0.25) is 4.79 Å². The predicted octanol–water partition coefficient (Wildman–Crippen LogP) is 1.21. The van der Waals surface area contributed by atoms with Crippen LogP contribution in [0.2, 0.25) is 0 Å². The number of hydrogen-bond acceptors (Lipinski definition) is 2. The third-order valence-corrected chi connectivity index (χ3v) is 1.96. The maximum atomic E-state index is 11.2. The van der Waals surface area contributed by atoms with Crippen LogP contribution in [0.25, 0.3) is 0 Å². The number of carbonyl (C=O) groups excluding carboxylic acids is 1. The molecule has 0 radical (unpaired) electrons. The second-order valence-corrected chi connectivity index (χ2v) is 2.72. The van der Waals surface area contributed by atoms with Crippen molar-refractivity contribution in [2.24, 2.45) is 5.92 Å². The molecule has 1 N–H and O–H groups in total. The van der Waals surface area contributed by atoms with E-state index in [9.17, 15) is 4.79 Å². The third-order valence-electron chi connectivity index (χ3n) is 1.96. The Labute approximate surface area is 63.0 Å². The van der Waals surface area contributed by atoms with Gasteiger partial charge in [0.25, 0.3) is 0 Å². The highest BCUT2D eigenvalue weighted by Gasteiger charge is 2.15. The van der Waals surface area contributed by atoms with Crippen LogP contribution in [0.4, 0.5) is 0 Å². The molecule has 0 aromatic carbocycles. The Bertz CT molecular complexity index is 99.8. The molecule has 0 spiro atoms. The molecule has 0 aliphatic carbocycles. The van der Waals surface area contributed by atoms with Crippen molar-refractivity contribution in [2.75, 3.05) is 7.05 Å². The van der Waals surface area contributed by atoms with Crippen LogP contribution >= 0.6 is 0 Å². The van der Waals surface area contributed by atoms with E-state index in [1.54, 1.807) is 0 Å². The third kappa shape index (κ3) is 2.48. The molecule has 0 fully saturated rings. The standard InChI is InChI=1S/C8H17NO/c1-5-6(2)8(10)7(3)9-4/h6-7,9H,5H2,1-4H3/t6?,7-/m0/s1. The molecule has 0 aromatic heterocycles. The van der Waals surface area contributed by atoms with Gasteiger partial charge in [0.1, 0.15) is 0 Å². The maximum Gasteiger partial charge on any atom is 0.152 e. The normalized spacial score (nSPS) is 16.4. The lowest BCUT2D eigenvalue weighted by atomic mass is 9.99. The van der Waals surface area contributed by atoms with E-state index in [-0.39, 0.29) is 12.0 Å². The molecule has 0 aliphatic heterocycles. The Morgan fingerprint density at radius 1 is 1.50 bits per heavy atom. The summed E-state index contributed by atoms with van der Waals surface area (Å²) in [6.07, 6.45) is 0.935. The van der Waals surface area contributed by atoms with Crippen LogP contribution in [0, 0.1) is 5.92 Å². The number of ketones is 1. The monoisotopic (exact) mass is 143 g/mol. The molecule has 2 atom stereocenters. The van der Waals surface area contributed by atoms with Crippen molar-refractivity contribution in [3.8, 4) is 0 Å². The minimum atomic E-state index is 0.00921. The fourth-order valence-corrected chi connectivity index (χ4v) is 0.770. The molecule has 0 saturated heterocycles. The predicted molar refractivity (Wildman–Crippen MR) is 43.0 cm³/mol. The average molecular weight is 143 g/mol. The molecule has 0 aromatic rings. The second kappa shape index (κ2) is 4.45. The molecule has 60 valence electrons. The van der Waals surface area contributed by atoms with Gasteiger partial charge in [0.05, 0.1) is 6.04 Å². The zero-order valence-electron chi connectivity index (χ0n) is 7.27. The number of Topliss-reactive ketones (excluding diaryl/α,β-unsaturated/α-hetero) is 1. The van der Waals surface area contributed by atoms with Crippen molar-refractivity contribution in [3.63, 3.8) is 0 Å². The minimum Gasteiger partial charge on any atom is -0.311 e. The van der Waals surface area contributed by atoms with Crippen molar-refractivity contribution in [2.45, 2.75) is 33.2 Å². The summed E-state index contributed by atoms with van der Waals surface area (Å²) in [4.78, 5) is 11.2. The van der Waals surface area contributed by atoms with Crippen LogP contribution < -0.4 is 5.32 Å². The van der Waals surface area contributed by atoms with E-state index in [0.29, 0.717) is 5.78 Å². The number of likely N-dealkylation sites (N-methyl/N-ethyl adjacent to an activating group) is 1. The highest BCUT2D eigenvalue weighted by atomic mass is 16.1. The van der Waals surface area contributed by atoms with Crippen molar-refractivity contribution in [3.05, 3.63) is 0 Å². The molecule has 0 aliphatic rings. The van der Waals surface area contributed by atoms with E-state index in [1.807, 2.05) is 27.8 Å². The first-order chi connectivity index (χ1) is 4.63. The Hall–Kier alpha value is -0.370. The Kier molecular flexibility index (Phi) is 4.28. The zero-order valence-corrected chi connectivity index (χ0v) is 7.27. The van der Waals surface area contributed by atoms with Gasteiger partial charge in [-0.15, -0.1) is 0 Å². The molecular formula is C8H17NO. The highest BCUT2D eigenvalue weighted by Crippen LogP contribution is 2.04. The van der Waals surface area contributed by atoms with Crippen molar-refractivity contribution >= 4 is 5.78 Å². The SMILES string of the molecule is CCC(C)C(=O)[C@H](C)NC. The van der Waals surface area contributed by atoms with Gasteiger partial charge >= 0.3 is 0 Å². The number of hydrogen-bond donors (Lipinski definition) is 1. The first kappa shape index (κ1) is 9.63. The topological polar surface area (TPSA) is 29.1 Å². The van der Waals surface area contributed by atoms with Crippen molar-refractivity contribution in [1.29, 1.82) is 0 Å². The fraction of sp³-hybridized carbons (Fsp3) is 0.875. The van der Waals surface area contributed by atoms with Crippen LogP contribution in [0.5, 0.6) is 0 Å². The van der Waals surface area contributed by atoms with Gasteiger partial charge in [0.15, 0.2) is 5.78 Å². The van der Waals surface area contributed by atoms with Gasteiger partial charge in [0, 0.05) is 5.92 Å². The van der Waals surface area contributed by atoms with E-state index in [2.05, 4.69) is 5.32 Å². The summed E-state index contributed by atoms with van der Waals surface area (Å²) < 4.78 is 0. The minimum absolute atomic E-state index is 0.00921. The molecule has 0 rings (SSSR count). The lowest BCUT2D eigenvalue weighted by Gasteiger charge is -2.13. The Morgan fingerprint density at radius 3 is 2.30 bits per heavy atom. The van der Waals surface area contributed by atoms with Gasteiger partial charge in [-0.2, -0.15) is 0 Å². The molecular weight excluding hydrogens is 126 g/mol. The first-order valence-electron chi connectivity index (χ1n) is 3.84. The molecule has 2 heteroatoms. The first-order valence-corrected chi connectivity index (χ1v) is 3.84. The van der Waals surface area contributed by atoms with Crippen molar-refractivity contribution in [1.82, 2.24) is 5.32 Å². The van der Waals surface area contributed by atoms with Gasteiger partial charge in [0.2, 0.25) is 0 Å². The summed E-state index contributed by atoms with van der Waals surface area (Å²) in [6.45, 7) is 5.90. The maximum absolute atomic E-state index is 11.2. The highest BCUT2D eigenvalue weighted by molar-refractivity contribution is 5.85. The molecule has 0 bridgehead atoms. The van der Waals surface area contributed by atoms with Crippen LogP contribution in [-0.2, 0) is 4.79 Å². The van der Waals surface area contributed by atoms with Crippen LogP contribution in [-0.4, -0.2) is 18.9 Å². The molecule has 2 nitrogen and oxygen atoms in total. The molecule has 0 saturated carbocycles. The number of carbonyl (C=O) groups is 1. The van der Waals surface area contributed by atoms with Crippen molar-refractivity contribution < 1.29 is 4.79 Å². The lowest BCUT2D eigenvalue weighted by Crippen LogP contribution is -2.34. The number of rotatable bonds is 4. The summed E-state index contributed by atoms with van der Waals surface area (Å²) in [6, 6.07) is 0.00921. The molecule has 10 heavy (non-hydrogen) atoms. The molecule has 1 unspecified atom stereocenters. The summed E-state index contributed by atoms with van der Waals surface area (Å²) in [5.74, 6) is 0.507. The lowest BCUT2D eigenvalue weighted by molar-refractivity contribution is -0.124. The summed E-state index contributed by atoms with van der Waals surface area (Å²) >= 11 is 0. The Balaban J connectivity index is 3.82. The van der Waals surface area contributed by atoms with Gasteiger partial charge in [-0.05, 0) is 20.4 Å². The van der Waals surface area contributed by atoms with E-state index in [1.165, 1.54) is 0 Å². The average Bonchev–Trinajstić information content (AvgIpc) is 2.00. The summed E-state index contributed by atoms with van der Waals surface area (Å²) in [5.41, 5.74) is 0. The molecule has 0 heterocycles. The van der Waals surface area contributed by atoms with Crippen LogP contribution in [0.15, 0.2) is 0 Å². The smallest absolute Gasteiger partial charge is 0.152 e. The number of nitrogens with one attached hydrogen (secondary N) is 1. The second-order valence-electron chi connectivity index (χ2n) is 2.72. The van der Waals surface area contributed by atoms with Gasteiger partial charge < -0.3 is 5.32 Å². The largest absolute Gasteiger partial charge is 0.311 e. The Morgan fingerprint density at radius 2 is 2.00 bits per heavy atom. The summed E-state index contributed by atoms with van der Waals surface area (Å²) in [5, 5.41) is 2.93. The van der Waals surface area contributed by atoms with Gasteiger partial charge in [-0.1, -0.05) is 13.8 Å². The van der Waals surface area contributed by atoms with Gasteiger partial charge in [-0.25, -0.2) is 0 Å². The molecule has 0 amide bonds. The van der Waals surface area contributed by atoms with E-state index in [0.717, 1.165) is 6.42 Å². The summed E-state index contributed by atoms with van der Waals surface area (Å²) in [7, 11) is 1.81. The quantitative estimate of drug-likeness (QED) is 0.641. The zero-order chi connectivity index (χ0) is 8.15. The van der Waals surface area contributed by atoms with Crippen LogP contribution in [0.3, 0.4) is 0 Å². The van der Waals surface area contributed by atoms with Crippen LogP contribution in [0.1, 0.15) is 27.2 Å².